The van der Waals surface area contributed by atoms with E-state index in [0.717, 1.165) is 0 Å². The molecule has 20 heavy (non-hydrogen) atoms. The summed E-state index contributed by atoms with van der Waals surface area (Å²) in [5.74, 6) is -0.652. The molecule has 0 radical (unpaired) electrons. The maximum absolute atomic E-state index is 11.9. The number of nitrogens with zero attached hydrogens (tertiary/aromatic N) is 1. The second-order valence-electron chi connectivity index (χ2n) is 4.13. The lowest BCUT2D eigenvalue weighted by Crippen LogP contribution is -1.93. The van der Waals surface area contributed by atoms with Crippen molar-refractivity contribution < 1.29 is 15.0 Å². The molecule has 0 aliphatic carbocycles. The van der Waals surface area contributed by atoms with E-state index in [0.29, 0.717) is 16.7 Å². The van der Waals surface area contributed by atoms with Gasteiger partial charge in [-0.05, 0) is 48.0 Å². The van der Waals surface area contributed by atoms with E-state index in [1.165, 1.54) is 18.2 Å². The van der Waals surface area contributed by atoms with Crippen LogP contribution < -0.4 is 0 Å². The number of phenols is 2. The molecule has 0 amide bonds. The molecule has 0 unspecified atom stereocenters. The smallest absolute Gasteiger partial charge is 0.185 e. The number of carbonyl (C=O) groups is 1. The first-order chi connectivity index (χ1) is 9.60. The molecular formula is C16H11NO3. The van der Waals surface area contributed by atoms with Crippen LogP contribution in [0, 0.1) is 11.3 Å². The van der Waals surface area contributed by atoms with Crippen LogP contribution >= 0.6 is 0 Å². The topological polar surface area (TPSA) is 81.3 Å². The SMILES string of the molecule is N#Cc1ccc(C(=O)C=Cc2ccc(O)c(O)c2)cc1. The van der Waals surface area contributed by atoms with Crippen LogP contribution in [0.4, 0.5) is 0 Å². The lowest BCUT2D eigenvalue weighted by molar-refractivity contribution is 0.104. The Labute approximate surface area is 115 Å². The Bertz CT molecular complexity index is 709. The lowest BCUT2D eigenvalue weighted by atomic mass is 10.1. The first-order valence-corrected chi connectivity index (χ1v) is 5.85. The first kappa shape index (κ1) is 13.4. The van der Waals surface area contributed by atoms with Gasteiger partial charge in [-0.1, -0.05) is 12.1 Å². The summed E-state index contributed by atoms with van der Waals surface area (Å²) in [4.78, 5) is 11.9. The van der Waals surface area contributed by atoms with Crippen molar-refractivity contribution in [1.82, 2.24) is 0 Å². The van der Waals surface area contributed by atoms with Gasteiger partial charge in [-0.2, -0.15) is 5.26 Å². The third kappa shape index (κ3) is 3.03. The van der Waals surface area contributed by atoms with E-state index < -0.39 is 0 Å². The maximum Gasteiger partial charge on any atom is 0.185 e. The van der Waals surface area contributed by atoms with Crippen LogP contribution in [0.1, 0.15) is 21.5 Å². The third-order valence-electron chi connectivity index (χ3n) is 2.73. The number of hydrogen-bond donors (Lipinski definition) is 2. The molecule has 2 rings (SSSR count). The van der Waals surface area contributed by atoms with Crippen LogP contribution in [-0.4, -0.2) is 16.0 Å². The molecule has 0 saturated heterocycles. The van der Waals surface area contributed by atoms with E-state index in [4.69, 9.17) is 5.26 Å². The summed E-state index contributed by atoms with van der Waals surface area (Å²) in [6.45, 7) is 0. The van der Waals surface area contributed by atoms with Gasteiger partial charge in [0.25, 0.3) is 0 Å². The zero-order chi connectivity index (χ0) is 14.5. The van der Waals surface area contributed by atoms with Crippen LogP contribution in [0.3, 0.4) is 0 Å². The van der Waals surface area contributed by atoms with Gasteiger partial charge in [-0.15, -0.1) is 0 Å². The lowest BCUT2D eigenvalue weighted by Gasteiger charge is -1.99. The molecule has 2 aromatic carbocycles. The quantitative estimate of drug-likeness (QED) is 0.508. The van der Waals surface area contributed by atoms with Gasteiger partial charge in [0.2, 0.25) is 0 Å². The molecule has 0 aliphatic rings. The van der Waals surface area contributed by atoms with E-state index in [-0.39, 0.29) is 17.3 Å². The Balaban J connectivity index is 2.15. The molecule has 2 aromatic rings. The van der Waals surface area contributed by atoms with Crippen molar-refractivity contribution in [1.29, 1.82) is 5.26 Å². The van der Waals surface area contributed by atoms with Crippen LogP contribution in [0.25, 0.3) is 6.08 Å². The number of carbonyl (C=O) groups excluding carboxylic acids is 1. The van der Waals surface area contributed by atoms with Gasteiger partial charge in [-0.3, -0.25) is 4.79 Å². The van der Waals surface area contributed by atoms with Gasteiger partial charge in [0.05, 0.1) is 11.6 Å². The van der Waals surface area contributed by atoms with Gasteiger partial charge < -0.3 is 10.2 Å². The number of allylic oxidation sites excluding steroid dienone is 1. The third-order valence-corrected chi connectivity index (χ3v) is 2.73. The standard InChI is InChI=1S/C16H11NO3/c17-10-12-1-5-13(6-2-12)14(18)7-3-11-4-8-15(19)16(20)9-11/h1-9,19-20H. The monoisotopic (exact) mass is 265 g/mol. The second-order valence-corrected chi connectivity index (χ2v) is 4.13. The molecule has 0 spiro atoms. The number of rotatable bonds is 3. The van der Waals surface area contributed by atoms with Crippen molar-refractivity contribution in [3.05, 3.63) is 65.2 Å². The Kier molecular flexibility index (Phi) is 3.82. The van der Waals surface area contributed by atoms with E-state index in [9.17, 15) is 15.0 Å². The summed E-state index contributed by atoms with van der Waals surface area (Å²) < 4.78 is 0. The summed E-state index contributed by atoms with van der Waals surface area (Å²) in [6, 6.07) is 12.6. The van der Waals surface area contributed by atoms with E-state index in [2.05, 4.69) is 0 Å². The summed E-state index contributed by atoms with van der Waals surface area (Å²) in [5, 5.41) is 27.2. The predicted molar refractivity (Wildman–Crippen MR) is 74.3 cm³/mol. The molecule has 0 aromatic heterocycles. The van der Waals surface area contributed by atoms with Crippen molar-refractivity contribution in [2.24, 2.45) is 0 Å². The van der Waals surface area contributed by atoms with Crippen molar-refractivity contribution in [3.63, 3.8) is 0 Å². The summed E-state index contributed by atoms with van der Waals surface area (Å²) in [6.07, 6.45) is 2.91. The Hall–Kier alpha value is -3.06. The van der Waals surface area contributed by atoms with Crippen LogP contribution in [0.15, 0.2) is 48.5 Å². The number of nitriles is 1. The fraction of sp³-hybridized carbons (Fsp3) is 0. The number of hydrogen-bond acceptors (Lipinski definition) is 4. The molecule has 0 saturated carbocycles. The van der Waals surface area contributed by atoms with E-state index in [1.807, 2.05) is 6.07 Å². The molecule has 0 bridgehead atoms. The number of ketones is 1. The predicted octanol–water partition coefficient (Wildman–Crippen LogP) is 2.87. The first-order valence-electron chi connectivity index (χ1n) is 5.85. The van der Waals surface area contributed by atoms with Crippen molar-refractivity contribution in [2.45, 2.75) is 0 Å². The molecule has 0 fully saturated rings. The minimum atomic E-state index is -0.238. The molecule has 2 N–H and O–H groups in total. The van der Waals surface area contributed by atoms with Crippen molar-refractivity contribution in [3.8, 4) is 17.6 Å². The fourth-order valence-corrected chi connectivity index (χ4v) is 1.62. The number of phenolic OH excluding ortho intramolecular Hbond substituents is 2. The Morgan fingerprint density at radius 1 is 1.05 bits per heavy atom. The minimum Gasteiger partial charge on any atom is -0.504 e. The van der Waals surface area contributed by atoms with Crippen molar-refractivity contribution >= 4 is 11.9 Å². The fourth-order valence-electron chi connectivity index (χ4n) is 1.62. The molecule has 0 heterocycles. The summed E-state index contributed by atoms with van der Waals surface area (Å²) in [5.41, 5.74) is 1.57. The second kappa shape index (κ2) is 5.72. The van der Waals surface area contributed by atoms with Gasteiger partial charge in [0.1, 0.15) is 0 Å². The average molecular weight is 265 g/mol. The van der Waals surface area contributed by atoms with E-state index >= 15 is 0 Å². The molecule has 98 valence electrons. The number of aromatic hydroxyl groups is 2. The van der Waals surface area contributed by atoms with Crippen LogP contribution in [-0.2, 0) is 0 Å². The molecule has 0 atom stereocenters. The van der Waals surface area contributed by atoms with Crippen LogP contribution in [0.5, 0.6) is 11.5 Å². The highest BCUT2D eigenvalue weighted by atomic mass is 16.3. The van der Waals surface area contributed by atoms with Gasteiger partial charge >= 0.3 is 0 Å². The largest absolute Gasteiger partial charge is 0.504 e. The summed E-state index contributed by atoms with van der Waals surface area (Å²) in [7, 11) is 0. The maximum atomic E-state index is 11.9. The van der Waals surface area contributed by atoms with Crippen molar-refractivity contribution in [2.75, 3.05) is 0 Å². The summed E-state index contributed by atoms with van der Waals surface area (Å²) >= 11 is 0. The zero-order valence-corrected chi connectivity index (χ0v) is 10.4. The Morgan fingerprint density at radius 2 is 1.75 bits per heavy atom. The molecule has 4 nitrogen and oxygen atoms in total. The van der Waals surface area contributed by atoms with Gasteiger partial charge in [0.15, 0.2) is 17.3 Å². The number of benzene rings is 2. The molecule has 4 heteroatoms. The van der Waals surface area contributed by atoms with Gasteiger partial charge in [0, 0.05) is 5.56 Å². The average Bonchev–Trinajstić information content (AvgIpc) is 2.48. The van der Waals surface area contributed by atoms with Crippen LogP contribution in [0.2, 0.25) is 0 Å². The highest BCUT2D eigenvalue weighted by molar-refractivity contribution is 6.06. The zero-order valence-electron chi connectivity index (χ0n) is 10.4. The highest BCUT2D eigenvalue weighted by Gasteiger charge is 2.02. The molecular weight excluding hydrogens is 254 g/mol. The highest BCUT2D eigenvalue weighted by Crippen LogP contribution is 2.25. The normalized spacial score (nSPS) is 10.3. The van der Waals surface area contributed by atoms with Gasteiger partial charge in [-0.25, -0.2) is 0 Å². The Morgan fingerprint density at radius 3 is 2.35 bits per heavy atom. The minimum absolute atomic E-state index is 0.206. The molecule has 0 aliphatic heterocycles. The van der Waals surface area contributed by atoms with E-state index in [1.54, 1.807) is 36.4 Å².